The minimum absolute atomic E-state index is 0.0623. The van der Waals surface area contributed by atoms with Gasteiger partial charge in [0.05, 0.1) is 20.6 Å². The maximum Gasteiger partial charge on any atom is 0.305 e. The van der Waals surface area contributed by atoms with Crippen LogP contribution in [-0.4, -0.2) is 30.4 Å². The Morgan fingerprint density at radius 2 is 2.11 bits per heavy atom. The van der Waals surface area contributed by atoms with Crippen molar-refractivity contribution in [3.8, 4) is 17.2 Å². The molecule has 0 aliphatic carbocycles. The zero-order chi connectivity index (χ0) is 13.9. The first-order valence-corrected chi connectivity index (χ1v) is 5.40. The molecule has 0 amide bonds. The van der Waals surface area contributed by atoms with Crippen molar-refractivity contribution in [2.24, 2.45) is 5.73 Å². The number of carboxylic acid groups (broad SMARTS) is 1. The highest BCUT2D eigenvalue weighted by Gasteiger charge is 2.22. The molecule has 0 heterocycles. The van der Waals surface area contributed by atoms with Crippen LogP contribution in [0.15, 0.2) is 6.07 Å². The molecule has 1 rings (SSSR count). The van der Waals surface area contributed by atoms with Crippen molar-refractivity contribution in [1.29, 1.82) is 0 Å². The molecule has 4 N–H and O–H groups in total. The number of nitrogens with two attached hydrogens (primary N) is 1. The lowest BCUT2D eigenvalue weighted by Crippen LogP contribution is -2.15. The highest BCUT2D eigenvalue weighted by Crippen LogP contribution is 2.45. The van der Waals surface area contributed by atoms with E-state index in [9.17, 15) is 9.90 Å². The molecule has 0 aliphatic heterocycles. The summed E-state index contributed by atoms with van der Waals surface area (Å²) in [6, 6.07) is 0.521. The van der Waals surface area contributed by atoms with E-state index in [1.54, 1.807) is 0 Å². The van der Waals surface area contributed by atoms with Gasteiger partial charge in [-0.25, -0.2) is 0 Å². The second-order valence-electron chi connectivity index (χ2n) is 3.57. The number of phenols is 1. The zero-order valence-electron chi connectivity index (χ0n) is 9.94. The highest BCUT2D eigenvalue weighted by atomic mass is 35.5. The van der Waals surface area contributed by atoms with Crippen LogP contribution in [0.3, 0.4) is 0 Å². The third-order valence-electron chi connectivity index (χ3n) is 2.41. The molecule has 0 bridgehead atoms. The fraction of sp³-hybridized carbons (Fsp3) is 0.364. The maximum absolute atomic E-state index is 10.6. The molecule has 1 aromatic carbocycles. The largest absolute Gasteiger partial charge is 0.506 e. The summed E-state index contributed by atoms with van der Waals surface area (Å²) >= 11 is 5.91. The predicted molar refractivity (Wildman–Crippen MR) is 65.4 cm³/mol. The van der Waals surface area contributed by atoms with Gasteiger partial charge in [0.15, 0.2) is 11.5 Å². The standard InChI is InChI=1S/C11H14ClNO5/c1-17-7-3-5(6(13)4-8(14)15)10(16)9(12)11(7)18-2/h3,6,16H,4,13H2,1-2H3,(H,14,15). The number of halogens is 1. The molecule has 0 aliphatic rings. The van der Waals surface area contributed by atoms with E-state index in [1.165, 1.54) is 20.3 Å². The number of aromatic hydroxyl groups is 1. The first-order valence-electron chi connectivity index (χ1n) is 5.03. The second-order valence-corrected chi connectivity index (χ2v) is 3.95. The smallest absolute Gasteiger partial charge is 0.305 e. The Labute approximate surface area is 109 Å². The summed E-state index contributed by atoms with van der Waals surface area (Å²) in [7, 11) is 2.78. The van der Waals surface area contributed by atoms with Crippen LogP contribution in [0.2, 0.25) is 5.02 Å². The number of phenolic OH excluding ortho intramolecular Hbond substituents is 1. The number of carboxylic acids is 1. The molecular formula is C11H14ClNO5. The van der Waals surface area contributed by atoms with Crippen molar-refractivity contribution in [3.05, 3.63) is 16.7 Å². The predicted octanol–water partition coefficient (Wildman–Crippen LogP) is 1.54. The van der Waals surface area contributed by atoms with Gasteiger partial charge in [-0.1, -0.05) is 11.6 Å². The van der Waals surface area contributed by atoms with E-state index in [4.69, 9.17) is 31.9 Å². The minimum Gasteiger partial charge on any atom is -0.506 e. The summed E-state index contributed by atoms with van der Waals surface area (Å²) in [5.41, 5.74) is 5.88. The SMILES string of the molecule is COc1cc(C(N)CC(=O)O)c(O)c(Cl)c1OC. The molecule has 0 saturated carbocycles. The van der Waals surface area contributed by atoms with Crippen molar-refractivity contribution >= 4 is 17.6 Å². The average Bonchev–Trinajstić information content (AvgIpc) is 2.31. The Hall–Kier alpha value is -1.66. The van der Waals surface area contributed by atoms with Crippen molar-refractivity contribution in [1.82, 2.24) is 0 Å². The van der Waals surface area contributed by atoms with Gasteiger partial charge in [0.25, 0.3) is 0 Å². The molecule has 100 valence electrons. The van der Waals surface area contributed by atoms with Gasteiger partial charge in [-0.3, -0.25) is 4.79 Å². The molecule has 6 nitrogen and oxygen atoms in total. The van der Waals surface area contributed by atoms with Gasteiger partial charge in [0.1, 0.15) is 10.8 Å². The topological polar surface area (TPSA) is 102 Å². The van der Waals surface area contributed by atoms with Gasteiger partial charge in [0, 0.05) is 11.6 Å². The van der Waals surface area contributed by atoms with Gasteiger partial charge < -0.3 is 25.4 Å². The molecule has 0 spiro atoms. The van der Waals surface area contributed by atoms with E-state index < -0.39 is 12.0 Å². The van der Waals surface area contributed by atoms with Gasteiger partial charge in [-0.15, -0.1) is 0 Å². The van der Waals surface area contributed by atoms with E-state index in [0.717, 1.165) is 0 Å². The van der Waals surface area contributed by atoms with Crippen molar-refractivity contribution < 1.29 is 24.5 Å². The Bertz CT molecular complexity index is 463. The van der Waals surface area contributed by atoms with E-state index in [1.807, 2.05) is 0 Å². The third kappa shape index (κ3) is 2.77. The van der Waals surface area contributed by atoms with Gasteiger partial charge in [0.2, 0.25) is 0 Å². The van der Waals surface area contributed by atoms with Crippen molar-refractivity contribution in [3.63, 3.8) is 0 Å². The Kier molecular flexibility index (Phi) is 4.63. The number of hydrogen-bond donors (Lipinski definition) is 3. The lowest BCUT2D eigenvalue weighted by molar-refractivity contribution is -0.137. The molecule has 18 heavy (non-hydrogen) atoms. The summed E-state index contributed by atoms with van der Waals surface area (Å²) in [5.74, 6) is -0.935. The summed E-state index contributed by atoms with van der Waals surface area (Å²) < 4.78 is 10.0. The molecule has 0 saturated heterocycles. The molecule has 0 fully saturated rings. The zero-order valence-corrected chi connectivity index (χ0v) is 10.7. The summed E-state index contributed by atoms with van der Waals surface area (Å²) in [5, 5.41) is 18.5. The normalized spacial score (nSPS) is 12.0. The van der Waals surface area contributed by atoms with Crippen LogP contribution in [0.5, 0.6) is 17.2 Å². The fourth-order valence-corrected chi connectivity index (χ4v) is 1.82. The van der Waals surface area contributed by atoms with E-state index >= 15 is 0 Å². The van der Waals surface area contributed by atoms with Crippen LogP contribution in [-0.2, 0) is 4.79 Å². The first-order chi connectivity index (χ1) is 8.42. The lowest BCUT2D eigenvalue weighted by atomic mass is 10.0. The van der Waals surface area contributed by atoms with Crippen molar-refractivity contribution in [2.75, 3.05) is 14.2 Å². The van der Waals surface area contributed by atoms with E-state index in [2.05, 4.69) is 0 Å². The number of carbonyl (C=O) groups is 1. The molecule has 1 atom stereocenters. The summed E-state index contributed by atoms with van der Waals surface area (Å²) in [6.07, 6.45) is -0.334. The number of hydrogen-bond acceptors (Lipinski definition) is 5. The van der Waals surface area contributed by atoms with Gasteiger partial charge in [-0.05, 0) is 6.07 Å². The minimum atomic E-state index is -1.08. The number of ether oxygens (including phenoxy) is 2. The quantitative estimate of drug-likeness (QED) is 0.753. The van der Waals surface area contributed by atoms with Crippen LogP contribution in [0.1, 0.15) is 18.0 Å². The fourth-order valence-electron chi connectivity index (χ4n) is 1.54. The van der Waals surface area contributed by atoms with Crippen molar-refractivity contribution in [2.45, 2.75) is 12.5 Å². The number of methoxy groups -OCH3 is 2. The van der Waals surface area contributed by atoms with Crippen LogP contribution < -0.4 is 15.2 Å². The molecule has 0 radical (unpaired) electrons. The highest BCUT2D eigenvalue weighted by molar-refractivity contribution is 6.33. The van der Waals surface area contributed by atoms with E-state index in [-0.39, 0.29) is 34.3 Å². The molecule has 0 aromatic heterocycles. The van der Waals surface area contributed by atoms with Crippen LogP contribution in [0.25, 0.3) is 0 Å². The summed E-state index contributed by atoms with van der Waals surface area (Å²) in [6.45, 7) is 0. The van der Waals surface area contributed by atoms with Gasteiger partial charge >= 0.3 is 5.97 Å². The number of benzene rings is 1. The summed E-state index contributed by atoms with van der Waals surface area (Å²) in [4.78, 5) is 10.6. The molecule has 7 heteroatoms. The molecular weight excluding hydrogens is 262 g/mol. The van der Waals surface area contributed by atoms with Crippen LogP contribution in [0.4, 0.5) is 0 Å². The van der Waals surface area contributed by atoms with Crippen LogP contribution in [0, 0.1) is 0 Å². The maximum atomic E-state index is 10.6. The third-order valence-corrected chi connectivity index (χ3v) is 2.76. The molecule has 1 aromatic rings. The monoisotopic (exact) mass is 275 g/mol. The Morgan fingerprint density at radius 1 is 1.50 bits per heavy atom. The number of rotatable bonds is 5. The average molecular weight is 276 g/mol. The van der Waals surface area contributed by atoms with Gasteiger partial charge in [-0.2, -0.15) is 0 Å². The second kappa shape index (κ2) is 5.79. The Balaban J connectivity index is 3.29. The lowest BCUT2D eigenvalue weighted by Gasteiger charge is -2.17. The Morgan fingerprint density at radius 3 is 2.56 bits per heavy atom. The number of aliphatic carboxylic acids is 1. The first kappa shape index (κ1) is 14.4. The van der Waals surface area contributed by atoms with E-state index in [0.29, 0.717) is 0 Å². The molecule has 1 unspecified atom stereocenters. The van der Waals surface area contributed by atoms with Crippen LogP contribution >= 0.6 is 11.6 Å².